The number of rotatable bonds is 2. The van der Waals surface area contributed by atoms with Crippen LogP contribution in [-0.2, 0) is 0 Å². The number of aromatic nitrogens is 2. The van der Waals surface area contributed by atoms with Crippen LogP contribution in [0.5, 0.6) is 5.88 Å². The summed E-state index contributed by atoms with van der Waals surface area (Å²) >= 11 is 0. The predicted octanol–water partition coefficient (Wildman–Crippen LogP) is 1.45. The van der Waals surface area contributed by atoms with Crippen molar-refractivity contribution in [3.63, 3.8) is 0 Å². The van der Waals surface area contributed by atoms with Crippen molar-refractivity contribution in [3.8, 4) is 17.1 Å². The minimum absolute atomic E-state index is 0.0282. The third-order valence-electron chi connectivity index (χ3n) is 2.03. The maximum atomic E-state index is 11.1. The molecular weight excluding hydrogens is 192 g/mol. The van der Waals surface area contributed by atoms with Crippen molar-refractivity contribution in [3.05, 3.63) is 46.9 Å². The molecule has 0 aliphatic rings. The molecule has 0 spiro atoms. The second kappa shape index (κ2) is 3.96. The molecule has 0 aliphatic heterocycles. The number of H-pyrrole nitrogens is 1. The van der Waals surface area contributed by atoms with Crippen LogP contribution in [0.2, 0.25) is 0 Å². The molecular formula is C11H10N2O2. The molecule has 2 heterocycles. The molecule has 2 aromatic heterocycles. The van der Waals surface area contributed by atoms with Crippen molar-refractivity contribution >= 4 is 0 Å². The highest BCUT2D eigenvalue weighted by atomic mass is 16.5. The lowest BCUT2D eigenvalue weighted by Gasteiger charge is -2.01. The van der Waals surface area contributed by atoms with Gasteiger partial charge >= 0.3 is 0 Å². The Labute approximate surface area is 86.6 Å². The third-order valence-corrected chi connectivity index (χ3v) is 2.03. The van der Waals surface area contributed by atoms with Crippen LogP contribution in [0.25, 0.3) is 11.3 Å². The molecule has 1 N–H and O–H groups in total. The van der Waals surface area contributed by atoms with Crippen LogP contribution in [0.4, 0.5) is 0 Å². The number of ether oxygens (including phenoxy) is 1. The van der Waals surface area contributed by atoms with E-state index in [1.807, 2.05) is 6.07 Å². The minimum Gasteiger partial charge on any atom is -0.481 e. The van der Waals surface area contributed by atoms with Gasteiger partial charge in [0, 0.05) is 36.2 Å². The summed E-state index contributed by atoms with van der Waals surface area (Å²) in [6.07, 6.45) is 3.27. The van der Waals surface area contributed by atoms with Gasteiger partial charge in [0.05, 0.1) is 12.8 Å². The lowest BCUT2D eigenvalue weighted by Crippen LogP contribution is -1.98. The van der Waals surface area contributed by atoms with Crippen LogP contribution in [0.1, 0.15) is 0 Å². The fourth-order valence-electron chi connectivity index (χ4n) is 1.27. The van der Waals surface area contributed by atoms with Gasteiger partial charge in [-0.2, -0.15) is 0 Å². The van der Waals surface area contributed by atoms with Crippen LogP contribution < -0.4 is 10.2 Å². The highest BCUT2D eigenvalue weighted by molar-refractivity contribution is 5.57. The van der Waals surface area contributed by atoms with Gasteiger partial charge in [-0.3, -0.25) is 4.79 Å². The molecule has 0 aliphatic carbocycles. The molecule has 2 aromatic rings. The van der Waals surface area contributed by atoms with Crippen LogP contribution in [0.15, 0.2) is 41.5 Å². The first kappa shape index (κ1) is 9.45. The topological polar surface area (TPSA) is 55.0 Å². The Morgan fingerprint density at radius 1 is 1.33 bits per heavy atom. The summed E-state index contributed by atoms with van der Waals surface area (Å²) in [4.78, 5) is 18.2. The molecule has 4 heteroatoms. The molecule has 0 bridgehead atoms. The summed E-state index contributed by atoms with van der Waals surface area (Å²) < 4.78 is 4.95. The molecule has 0 unspecified atom stereocenters. The summed E-state index contributed by atoms with van der Waals surface area (Å²) in [5.74, 6) is 0.553. The van der Waals surface area contributed by atoms with Crippen molar-refractivity contribution in [2.45, 2.75) is 0 Å². The SMILES string of the molecule is COc1ccc(-c2cc(=O)cc[nH]2)cn1. The van der Waals surface area contributed by atoms with Gasteiger partial charge in [0.2, 0.25) is 5.88 Å². The average molecular weight is 202 g/mol. The first-order valence-corrected chi connectivity index (χ1v) is 4.49. The summed E-state index contributed by atoms with van der Waals surface area (Å²) in [5, 5.41) is 0. The molecule has 0 atom stereocenters. The van der Waals surface area contributed by atoms with E-state index >= 15 is 0 Å². The molecule has 4 nitrogen and oxygen atoms in total. The molecule has 0 saturated heterocycles. The van der Waals surface area contributed by atoms with E-state index in [9.17, 15) is 4.79 Å². The number of hydrogen-bond acceptors (Lipinski definition) is 3. The van der Waals surface area contributed by atoms with Gasteiger partial charge in [-0.25, -0.2) is 4.98 Å². The largest absolute Gasteiger partial charge is 0.481 e. The molecule has 0 radical (unpaired) electrons. The van der Waals surface area contributed by atoms with E-state index in [-0.39, 0.29) is 5.43 Å². The normalized spacial score (nSPS) is 9.93. The van der Waals surface area contributed by atoms with Gasteiger partial charge in [0.1, 0.15) is 0 Å². The van der Waals surface area contributed by atoms with E-state index in [4.69, 9.17) is 4.74 Å². The van der Waals surface area contributed by atoms with E-state index in [2.05, 4.69) is 9.97 Å². The molecule has 2 rings (SSSR count). The molecule has 0 fully saturated rings. The van der Waals surface area contributed by atoms with E-state index in [0.29, 0.717) is 5.88 Å². The Bertz CT molecular complexity index is 502. The number of hydrogen-bond donors (Lipinski definition) is 1. The zero-order valence-electron chi connectivity index (χ0n) is 8.23. The van der Waals surface area contributed by atoms with E-state index < -0.39 is 0 Å². The second-order valence-corrected chi connectivity index (χ2v) is 3.03. The molecule has 15 heavy (non-hydrogen) atoms. The zero-order valence-corrected chi connectivity index (χ0v) is 8.23. The number of pyridine rings is 2. The Balaban J connectivity index is 2.41. The van der Waals surface area contributed by atoms with Crippen molar-refractivity contribution in [2.75, 3.05) is 7.11 Å². The van der Waals surface area contributed by atoms with Gasteiger partial charge in [-0.1, -0.05) is 0 Å². The van der Waals surface area contributed by atoms with Crippen molar-refractivity contribution < 1.29 is 4.74 Å². The van der Waals surface area contributed by atoms with Crippen LogP contribution in [0.3, 0.4) is 0 Å². The second-order valence-electron chi connectivity index (χ2n) is 3.03. The summed E-state index contributed by atoms with van der Waals surface area (Å²) in [5.41, 5.74) is 1.57. The smallest absolute Gasteiger partial charge is 0.212 e. The van der Waals surface area contributed by atoms with Crippen LogP contribution >= 0.6 is 0 Å². The summed E-state index contributed by atoms with van der Waals surface area (Å²) in [6.45, 7) is 0. The maximum absolute atomic E-state index is 11.1. The van der Waals surface area contributed by atoms with Gasteiger partial charge in [-0.05, 0) is 6.07 Å². The lowest BCUT2D eigenvalue weighted by atomic mass is 10.2. The Kier molecular flexibility index (Phi) is 2.49. The highest BCUT2D eigenvalue weighted by Gasteiger charge is 1.99. The first-order chi connectivity index (χ1) is 7.29. The minimum atomic E-state index is -0.0282. The number of aromatic amines is 1. The molecule has 0 amide bonds. The van der Waals surface area contributed by atoms with Crippen molar-refractivity contribution in [1.82, 2.24) is 9.97 Å². The van der Waals surface area contributed by atoms with Gasteiger partial charge in [0.25, 0.3) is 0 Å². The van der Waals surface area contributed by atoms with Gasteiger partial charge in [0.15, 0.2) is 5.43 Å². The van der Waals surface area contributed by atoms with E-state index in [1.165, 1.54) is 12.1 Å². The fraction of sp³-hybridized carbons (Fsp3) is 0.0909. The van der Waals surface area contributed by atoms with Crippen LogP contribution in [0, 0.1) is 0 Å². The van der Waals surface area contributed by atoms with Crippen molar-refractivity contribution in [1.29, 1.82) is 0 Å². The van der Waals surface area contributed by atoms with Gasteiger partial charge < -0.3 is 9.72 Å². The first-order valence-electron chi connectivity index (χ1n) is 4.49. The van der Waals surface area contributed by atoms with Crippen molar-refractivity contribution in [2.24, 2.45) is 0 Å². The predicted molar refractivity (Wildman–Crippen MR) is 56.8 cm³/mol. The lowest BCUT2D eigenvalue weighted by molar-refractivity contribution is 0.398. The molecule has 0 aromatic carbocycles. The van der Waals surface area contributed by atoms with Gasteiger partial charge in [-0.15, -0.1) is 0 Å². The highest BCUT2D eigenvalue weighted by Crippen LogP contribution is 2.15. The fourth-order valence-corrected chi connectivity index (χ4v) is 1.27. The Morgan fingerprint density at radius 3 is 2.80 bits per heavy atom. The average Bonchev–Trinajstić information content (AvgIpc) is 2.29. The number of methoxy groups -OCH3 is 1. The molecule has 76 valence electrons. The number of nitrogens with zero attached hydrogens (tertiary/aromatic N) is 1. The van der Waals surface area contributed by atoms with E-state index in [1.54, 1.807) is 25.6 Å². The Morgan fingerprint density at radius 2 is 2.20 bits per heavy atom. The Hall–Kier alpha value is -2.10. The maximum Gasteiger partial charge on any atom is 0.212 e. The zero-order chi connectivity index (χ0) is 10.7. The summed E-state index contributed by atoms with van der Waals surface area (Å²) in [6, 6.07) is 6.60. The molecule has 0 saturated carbocycles. The standard InChI is InChI=1S/C11H10N2O2/c1-15-11-3-2-8(7-13-11)10-6-9(14)4-5-12-10/h2-7H,1H3,(H,12,14). The monoisotopic (exact) mass is 202 g/mol. The summed E-state index contributed by atoms with van der Waals surface area (Å²) in [7, 11) is 1.56. The number of nitrogens with one attached hydrogen (secondary N) is 1. The third kappa shape index (κ3) is 2.04. The van der Waals surface area contributed by atoms with E-state index in [0.717, 1.165) is 11.3 Å². The van der Waals surface area contributed by atoms with Crippen LogP contribution in [-0.4, -0.2) is 17.1 Å². The quantitative estimate of drug-likeness (QED) is 0.801.